The van der Waals surface area contributed by atoms with Crippen molar-refractivity contribution in [1.29, 1.82) is 0 Å². The maximum Gasteiger partial charge on any atom is 0.183 e. The topological polar surface area (TPSA) is 18.5 Å². The monoisotopic (exact) mass is 430 g/mol. The van der Waals surface area contributed by atoms with Gasteiger partial charge in [0.2, 0.25) is 0 Å². The number of allylic oxidation sites excluding steroid dienone is 1. The third kappa shape index (κ3) is 7.09. The Kier molecular flexibility index (Phi) is 7.41. The van der Waals surface area contributed by atoms with Crippen molar-refractivity contribution in [2.24, 2.45) is 5.41 Å². The molecule has 0 aromatic heterocycles. The Hall–Kier alpha value is -2.34. The largest absolute Gasteiger partial charge is 0.348 e. The maximum atomic E-state index is 5.72. The summed E-state index contributed by atoms with van der Waals surface area (Å²) in [5, 5.41) is 0. The first-order valence-electron chi connectivity index (χ1n) is 11.1. The molecule has 0 aliphatic carbocycles. The molecule has 0 amide bonds. The van der Waals surface area contributed by atoms with Crippen LogP contribution in [0.5, 0.6) is 0 Å². The Morgan fingerprint density at radius 1 is 0.935 bits per heavy atom. The van der Waals surface area contributed by atoms with Crippen LogP contribution in [0.1, 0.15) is 55.7 Å². The van der Waals surface area contributed by atoms with Crippen molar-refractivity contribution < 1.29 is 9.47 Å². The third-order valence-electron chi connectivity index (χ3n) is 4.92. The van der Waals surface area contributed by atoms with Crippen LogP contribution < -0.4 is 0 Å². The lowest BCUT2D eigenvalue weighted by atomic mass is 9.82. The number of rotatable bonds is 3. The first-order chi connectivity index (χ1) is 14.6. The van der Waals surface area contributed by atoms with Crippen molar-refractivity contribution in [2.75, 3.05) is 13.2 Å². The Morgan fingerprint density at radius 3 is 2.10 bits per heavy atom. The maximum absolute atomic E-state index is 5.72. The van der Waals surface area contributed by atoms with Crippen molar-refractivity contribution in [1.82, 2.24) is 0 Å². The zero-order valence-corrected chi connectivity index (χ0v) is 20.7. The minimum Gasteiger partial charge on any atom is -0.348 e. The van der Waals surface area contributed by atoms with Crippen molar-refractivity contribution in [3.63, 3.8) is 0 Å². The van der Waals surface area contributed by atoms with E-state index in [0.717, 1.165) is 36.3 Å². The van der Waals surface area contributed by atoms with Gasteiger partial charge in [0.15, 0.2) is 6.29 Å². The van der Waals surface area contributed by atoms with Gasteiger partial charge in [0.05, 0.1) is 13.2 Å². The summed E-state index contributed by atoms with van der Waals surface area (Å²) < 4.78 is 11.4. The average molecular weight is 431 g/mol. The second-order valence-electron chi connectivity index (χ2n) is 10.1. The van der Waals surface area contributed by atoms with Gasteiger partial charge in [0, 0.05) is 16.7 Å². The zero-order valence-electron chi connectivity index (χ0n) is 19.7. The Labute approximate surface area is 189 Å². The van der Waals surface area contributed by atoms with E-state index in [4.69, 9.17) is 9.47 Å². The minimum absolute atomic E-state index is 0.0292. The number of benzene rings is 2. The van der Waals surface area contributed by atoms with E-state index < -0.39 is 8.07 Å². The molecule has 1 fully saturated rings. The molecule has 162 valence electrons. The van der Waals surface area contributed by atoms with E-state index in [9.17, 15) is 0 Å². The zero-order chi connectivity index (χ0) is 22.5. The molecule has 1 aliphatic heterocycles. The average Bonchev–Trinajstić information content (AvgIpc) is 2.73. The predicted octanol–water partition coefficient (Wildman–Crippen LogP) is 7.09. The minimum atomic E-state index is -1.36. The molecule has 0 saturated carbocycles. The highest BCUT2D eigenvalue weighted by molar-refractivity contribution is 6.83. The summed E-state index contributed by atoms with van der Waals surface area (Å²) in [7, 11) is -1.36. The molecule has 2 aromatic carbocycles. The fourth-order valence-electron chi connectivity index (χ4n) is 3.30. The van der Waals surface area contributed by atoms with Gasteiger partial charge < -0.3 is 9.47 Å². The van der Waals surface area contributed by atoms with Gasteiger partial charge in [-0.25, -0.2) is 0 Å². The van der Waals surface area contributed by atoms with Crippen LogP contribution in [0.25, 0.3) is 11.6 Å². The van der Waals surface area contributed by atoms with Gasteiger partial charge in [-0.3, -0.25) is 0 Å². The Balaban J connectivity index is 1.85. The number of hydrogen-bond acceptors (Lipinski definition) is 2. The molecule has 3 heteroatoms. The molecule has 0 N–H and O–H groups in total. The summed E-state index contributed by atoms with van der Waals surface area (Å²) in [6.07, 6.45) is 2.78. The molecular formula is C28H34O2Si. The fourth-order valence-corrected chi connectivity index (χ4v) is 3.82. The van der Waals surface area contributed by atoms with E-state index >= 15 is 0 Å². The van der Waals surface area contributed by atoms with Crippen molar-refractivity contribution in [2.45, 2.75) is 53.1 Å². The molecule has 0 radical (unpaired) electrons. The lowest BCUT2D eigenvalue weighted by Gasteiger charge is -2.25. The van der Waals surface area contributed by atoms with Crippen molar-refractivity contribution in [3.05, 3.63) is 76.5 Å². The highest BCUT2D eigenvalue weighted by atomic mass is 28.3. The molecule has 0 bridgehead atoms. The molecule has 1 heterocycles. The molecule has 1 saturated heterocycles. The standard InChI is InChI=1S/C28H34O2Si/c1-28(2,3)26(24-13-15-25(16-14-24)27-29-19-7-20-30-27)17-12-22-8-10-23(11-9-22)18-21-31(4,5)6/h8-16,27H,7,19-20H2,1-6H3. The van der Waals surface area contributed by atoms with Crippen LogP contribution in [-0.4, -0.2) is 21.3 Å². The van der Waals surface area contributed by atoms with Crippen LogP contribution in [-0.2, 0) is 9.47 Å². The Morgan fingerprint density at radius 2 is 1.55 bits per heavy atom. The van der Waals surface area contributed by atoms with Crippen LogP contribution in [0.2, 0.25) is 19.6 Å². The van der Waals surface area contributed by atoms with E-state index in [-0.39, 0.29) is 11.7 Å². The second kappa shape index (κ2) is 9.85. The summed E-state index contributed by atoms with van der Waals surface area (Å²) in [5.41, 5.74) is 12.6. The predicted molar refractivity (Wildman–Crippen MR) is 133 cm³/mol. The van der Waals surface area contributed by atoms with E-state index in [1.54, 1.807) is 0 Å². The molecule has 1 aliphatic rings. The molecule has 0 spiro atoms. The highest BCUT2D eigenvalue weighted by Crippen LogP contribution is 2.34. The second-order valence-corrected chi connectivity index (χ2v) is 14.8. The van der Waals surface area contributed by atoms with Gasteiger partial charge in [0.25, 0.3) is 0 Å². The van der Waals surface area contributed by atoms with Gasteiger partial charge in [-0.1, -0.05) is 82.7 Å². The summed E-state index contributed by atoms with van der Waals surface area (Å²) in [6.45, 7) is 15.0. The first kappa shape index (κ1) is 23.3. The van der Waals surface area contributed by atoms with Gasteiger partial charge in [-0.15, -0.1) is 11.3 Å². The van der Waals surface area contributed by atoms with Gasteiger partial charge in [-0.2, -0.15) is 0 Å². The fraction of sp³-hybridized carbons (Fsp3) is 0.393. The molecule has 0 unspecified atom stereocenters. The normalized spacial score (nSPS) is 14.9. The summed E-state index contributed by atoms with van der Waals surface area (Å²) >= 11 is 0. The third-order valence-corrected chi connectivity index (χ3v) is 5.80. The van der Waals surface area contributed by atoms with E-state index in [1.807, 2.05) is 0 Å². The molecule has 3 rings (SSSR count). The van der Waals surface area contributed by atoms with Crippen molar-refractivity contribution >= 4 is 19.7 Å². The smallest absolute Gasteiger partial charge is 0.183 e. The SMILES string of the molecule is CC(C)(C)C(=C=Cc1ccc(C#C[Si](C)(C)C)cc1)c1ccc(C2OCCCO2)cc1. The van der Waals surface area contributed by atoms with Gasteiger partial charge in [-0.05, 0) is 41.2 Å². The van der Waals surface area contributed by atoms with Crippen LogP contribution in [0, 0.1) is 16.9 Å². The summed E-state index contributed by atoms with van der Waals surface area (Å²) in [6, 6.07) is 16.9. The summed E-state index contributed by atoms with van der Waals surface area (Å²) in [5.74, 6) is 3.31. The van der Waals surface area contributed by atoms with E-state index in [0.29, 0.717) is 0 Å². The highest BCUT2D eigenvalue weighted by Gasteiger charge is 2.20. The molecule has 2 aromatic rings. The lowest BCUT2D eigenvalue weighted by molar-refractivity contribution is -0.183. The molecule has 2 nitrogen and oxygen atoms in total. The van der Waals surface area contributed by atoms with Crippen molar-refractivity contribution in [3.8, 4) is 11.5 Å². The molecule has 0 atom stereocenters. The molecule has 31 heavy (non-hydrogen) atoms. The number of hydrogen-bond donors (Lipinski definition) is 0. The lowest BCUT2D eigenvalue weighted by Crippen LogP contribution is -2.17. The molecular weight excluding hydrogens is 396 g/mol. The quantitative estimate of drug-likeness (QED) is 0.294. The first-order valence-corrected chi connectivity index (χ1v) is 14.6. The summed E-state index contributed by atoms with van der Waals surface area (Å²) in [4.78, 5) is 0. The van der Waals surface area contributed by atoms with Crippen LogP contribution >= 0.6 is 0 Å². The van der Waals surface area contributed by atoms with Gasteiger partial charge >= 0.3 is 0 Å². The van der Waals surface area contributed by atoms with E-state index in [2.05, 4.69) is 112 Å². The van der Waals surface area contributed by atoms with Crippen LogP contribution in [0.15, 0.2) is 54.3 Å². The van der Waals surface area contributed by atoms with Crippen LogP contribution in [0.3, 0.4) is 0 Å². The number of ether oxygens (including phenoxy) is 2. The van der Waals surface area contributed by atoms with Crippen LogP contribution in [0.4, 0.5) is 0 Å². The van der Waals surface area contributed by atoms with E-state index in [1.165, 1.54) is 11.1 Å². The Bertz CT molecular complexity index is 994. The van der Waals surface area contributed by atoms with Gasteiger partial charge in [0.1, 0.15) is 8.07 Å².